The van der Waals surface area contributed by atoms with Gasteiger partial charge in [0.05, 0.1) is 13.2 Å². The molecular weight excluding hydrogens is 244 g/mol. The fourth-order valence-electron chi connectivity index (χ4n) is 0.940. The van der Waals surface area contributed by atoms with E-state index >= 15 is 0 Å². The van der Waals surface area contributed by atoms with E-state index in [0.717, 1.165) is 18.8 Å². The van der Waals surface area contributed by atoms with Crippen molar-refractivity contribution < 1.29 is 19.1 Å². The van der Waals surface area contributed by atoms with Crippen LogP contribution in [-0.4, -0.2) is 25.2 Å². The summed E-state index contributed by atoms with van der Waals surface area (Å²) >= 11 is 0. The predicted octanol–water partition coefficient (Wildman–Crippen LogP) is 3.73. The van der Waals surface area contributed by atoms with Crippen molar-refractivity contribution in [2.24, 2.45) is 5.92 Å². The van der Waals surface area contributed by atoms with Crippen LogP contribution in [0.25, 0.3) is 0 Å². The molecule has 0 aliphatic carbocycles. The molecule has 0 aromatic carbocycles. The van der Waals surface area contributed by atoms with Crippen LogP contribution in [0.15, 0.2) is 0 Å². The Morgan fingerprint density at radius 3 is 1.42 bits per heavy atom. The van der Waals surface area contributed by atoms with Crippen molar-refractivity contribution in [3.8, 4) is 0 Å². The van der Waals surface area contributed by atoms with E-state index in [0.29, 0.717) is 13.2 Å². The standard InChI is InChI=1S/C9H16O4.C6H14/c1-3-5-12-8(10)7-9(11)13-6-4-2;1-4-6(3)5-2/h3-7H2,1-2H3;6H,4-5H2,1-3H3. The highest BCUT2D eigenvalue weighted by Gasteiger charge is 2.10. The minimum absolute atomic E-state index is 0.278. The molecule has 0 N–H and O–H groups in total. The first kappa shape index (κ1) is 20.3. The van der Waals surface area contributed by atoms with Gasteiger partial charge in [0, 0.05) is 0 Å². The Morgan fingerprint density at radius 1 is 0.842 bits per heavy atom. The lowest BCUT2D eigenvalue weighted by molar-refractivity contribution is -0.154. The molecule has 0 aromatic rings. The molecular formula is C15H30O4. The molecule has 0 rings (SSSR count). The molecule has 0 unspecified atom stereocenters. The molecule has 0 amide bonds. The van der Waals surface area contributed by atoms with Gasteiger partial charge in [-0.15, -0.1) is 0 Å². The van der Waals surface area contributed by atoms with Crippen LogP contribution in [-0.2, 0) is 19.1 Å². The second kappa shape index (κ2) is 15.0. The van der Waals surface area contributed by atoms with Crippen LogP contribution in [0.3, 0.4) is 0 Å². The highest BCUT2D eigenvalue weighted by molar-refractivity contribution is 5.91. The first-order valence-electron chi connectivity index (χ1n) is 7.32. The van der Waals surface area contributed by atoms with Crippen LogP contribution in [0.1, 0.15) is 66.7 Å². The number of hydrogen-bond acceptors (Lipinski definition) is 4. The smallest absolute Gasteiger partial charge is 0.317 e. The molecule has 0 saturated carbocycles. The molecule has 0 aliphatic heterocycles. The van der Waals surface area contributed by atoms with Crippen molar-refractivity contribution in [1.29, 1.82) is 0 Å². The van der Waals surface area contributed by atoms with Gasteiger partial charge in [-0.3, -0.25) is 9.59 Å². The summed E-state index contributed by atoms with van der Waals surface area (Å²) in [5, 5.41) is 0. The summed E-state index contributed by atoms with van der Waals surface area (Å²) in [7, 11) is 0. The van der Waals surface area contributed by atoms with Crippen molar-refractivity contribution in [1.82, 2.24) is 0 Å². The maximum Gasteiger partial charge on any atom is 0.317 e. The van der Waals surface area contributed by atoms with Crippen molar-refractivity contribution >= 4 is 11.9 Å². The maximum atomic E-state index is 10.9. The van der Waals surface area contributed by atoms with Gasteiger partial charge in [0.1, 0.15) is 6.42 Å². The summed E-state index contributed by atoms with van der Waals surface area (Å²) in [6, 6.07) is 0. The van der Waals surface area contributed by atoms with Gasteiger partial charge >= 0.3 is 11.9 Å². The monoisotopic (exact) mass is 274 g/mol. The van der Waals surface area contributed by atoms with Crippen LogP contribution in [0.5, 0.6) is 0 Å². The van der Waals surface area contributed by atoms with Gasteiger partial charge in [-0.25, -0.2) is 0 Å². The van der Waals surface area contributed by atoms with Crippen molar-refractivity contribution in [3.63, 3.8) is 0 Å². The van der Waals surface area contributed by atoms with Gasteiger partial charge in [-0.1, -0.05) is 47.5 Å². The Balaban J connectivity index is 0. The third kappa shape index (κ3) is 16.9. The van der Waals surface area contributed by atoms with Gasteiger partial charge in [0.25, 0.3) is 0 Å². The van der Waals surface area contributed by atoms with E-state index in [-0.39, 0.29) is 6.42 Å². The maximum absolute atomic E-state index is 10.9. The Hall–Kier alpha value is -1.06. The van der Waals surface area contributed by atoms with Gasteiger partial charge in [-0.2, -0.15) is 0 Å². The number of esters is 2. The van der Waals surface area contributed by atoms with Gasteiger partial charge in [0.15, 0.2) is 0 Å². The Morgan fingerprint density at radius 2 is 1.21 bits per heavy atom. The Kier molecular flexibility index (Phi) is 16.0. The van der Waals surface area contributed by atoms with Crippen LogP contribution >= 0.6 is 0 Å². The molecule has 19 heavy (non-hydrogen) atoms. The molecule has 0 bridgehead atoms. The molecule has 0 radical (unpaired) electrons. The first-order valence-corrected chi connectivity index (χ1v) is 7.32. The molecule has 0 aromatic heterocycles. The van der Waals surface area contributed by atoms with Gasteiger partial charge in [0.2, 0.25) is 0 Å². The first-order chi connectivity index (χ1) is 9.01. The van der Waals surface area contributed by atoms with Gasteiger partial charge < -0.3 is 9.47 Å². The highest BCUT2D eigenvalue weighted by atomic mass is 16.6. The predicted molar refractivity (Wildman–Crippen MR) is 76.9 cm³/mol. The second-order valence-electron chi connectivity index (χ2n) is 4.54. The zero-order valence-electron chi connectivity index (χ0n) is 13.2. The van der Waals surface area contributed by atoms with Crippen molar-refractivity contribution in [3.05, 3.63) is 0 Å². The highest BCUT2D eigenvalue weighted by Crippen LogP contribution is 2.02. The molecule has 0 saturated heterocycles. The van der Waals surface area contributed by atoms with E-state index < -0.39 is 11.9 Å². The fraction of sp³-hybridized carbons (Fsp3) is 0.867. The Bertz CT molecular complexity index is 204. The quantitative estimate of drug-likeness (QED) is 0.500. The second-order valence-corrected chi connectivity index (χ2v) is 4.54. The summed E-state index contributed by atoms with van der Waals surface area (Å²) in [6.07, 6.45) is 3.90. The van der Waals surface area contributed by atoms with E-state index in [1.54, 1.807) is 0 Å². The van der Waals surface area contributed by atoms with E-state index in [1.807, 2.05) is 13.8 Å². The lowest BCUT2D eigenvalue weighted by Gasteiger charge is -2.03. The molecule has 0 spiro atoms. The minimum Gasteiger partial charge on any atom is -0.465 e. The largest absolute Gasteiger partial charge is 0.465 e. The van der Waals surface area contributed by atoms with Crippen LogP contribution in [0.2, 0.25) is 0 Å². The summed E-state index contributed by atoms with van der Waals surface area (Å²) in [4.78, 5) is 21.7. The summed E-state index contributed by atoms with van der Waals surface area (Å²) in [6.45, 7) is 11.2. The van der Waals surface area contributed by atoms with Crippen molar-refractivity contribution in [2.75, 3.05) is 13.2 Å². The third-order valence-electron chi connectivity index (χ3n) is 2.62. The van der Waals surface area contributed by atoms with E-state index in [1.165, 1.54) is 12.8 Å². The molecule has 4 heteroatoms. The lowest BCUT2D eigenvalue weighted by Crippen LogP contribution is -2.14. The van der Waals surface area contributed by atoms with E-state index in [2.05, 4.69) is 20.8 Å². The van der Waals surface area contributed by atoms with Crippen LogP contribution in [0.4, 0.5) is 0 Å². The third-order valence-corrected chi connectivity index (χ3v) is 2.62. The van der Waals surface area contributed by atoms with Crippen LogP contribution in [0, 0.1) is 5.92 Å². The number of carbonyl (C=O) groups is 2. The molecule has 0 fully saturated rings. The summed E-state index contributed by atoms with van der Waals surface area (Å²) in [5.41, 5.74) is 0. The number of hydrogen-bond donors (Lipinski definition) is 0. The minimum atomic E-state index is -0.511. The average molecular weight is 274 g/mol. The summed E-state index contributed by atoms with van der Waals surface area (Å²) < 4.78 is 9.40. The Labute approximate surface area is 117 Å². The molecule has 0 aliphatic rings. The summed E-state index contributed by atoms with van der Waals surface area (Å²) in [5.74, 6) is -0.0871. The number of ether oxygens (including phenoxy) is 2. The topological polar surface area (TPSA) is 52.6 Å². The van der Waals surface area contributed by atoms with Crippen LogP contribution < -0.4 is 0 Å². The van der Waals surface area contributed by atoms with E-state index in [9.17, 15) is 9.59 Å². The molecule has 0 heterocycles. The lowest BCUT2D eigenvalue weighted by atomic mass is 10.1. The number of carbonyl (C=O) groups excluding carboxylic acids is 2. The fourth-order valence-corrected chi connectivity index (χ4v) is 0.940. The van der Waals surface area contributed by atoms with E-state index in [4.69, 9.17) is 9.47 Å². The van der Waals surface area contributed by atoms with Crippen molar-refractivity contribution in [2.45, 2.75) is 66.7 Å². The van der Waals surface area contributed by atoms with Gasteiger partial charge in [-0.05, 0) is 18.8 Å². The molecule has 114 valence electrons. The number of rotatable bonds is 8. The zero-order valence-corrected chi connectivity index (χ0v) is 13.2. The zero-order chi connectivity index (χ0) is 15.1. The average Bonchev–Trinajstić information content (AvgIpc) is 2.42. The SMILES string of the molecule is CCC(C)CC.CCCOC(=O)CC(=O)OCCC. The normalized spacial score (nSPS) is 9.58. The molecule has 0 atom stereocenters. The molecule has 4 nitrogen and oxygen atoms in total.